The highest BCUT2D eigenvalue weighted by molar-refractivity contribution is 5.96. The summed E-state index contributed by atoms with van der Waals surface area (Å²) in [6.07, 6.45) is 1.99. The van der Waals surface area contributed by atoms with Crippen LogP contribution in [0.1, 0.15) is 77.8 Å². The molecule has 1 aliphatic rings. The number of fused-ring (bicyclic) bond motifs is 1. The van der Waals surface area contributed by atoms with E-state index in [0.29, 0.717) is 53.7 Å². The van der Waals surface area contributed by atoms with Crippen molar-refractivity contribution < 1.29 is 19.1 Å². The number of hydrogen-bond donors (Lipinski definition) is 1. The maximum absolute atomic E-state index is 14.5. The first-order chi connectivity index (χ1) is 19.6. The Morgan fingerprint density at radius 1 is 0.976 bits per heavy atom. The molecule has 1 amide bonds. The van der Waals surface area contributed by atoms with E-state index in [1.54, 1.807) is 39.0 Å². The monoisotopic (exact) mass is 571 g/mol. The van der Waals surface area contributed by atoms with Crippen molar-refractivity contribution >= 4 is 28.7 Å². The maximum Gasteiger partial charge on any atom is 0.337 e. The number of anilines is 1. The van der Waals surface area contributed by atoms with Crippen molar-refractivity contribution in [2.24, 2.45) is 0 Å². The van der Waals surface area contributed by atoms with Crippen LogP contribution in [0.5, 0.6) is 0 Å². The molecule has 1 N–H and O–H groups in total. The molecule has 0 spiro atoms. The van der Waals surface area contributed by atoms with Crippen molar-refractivity contribution in [3.8, 4) is 5.69 Å². The van der Waals surface area contributed by atoms with Crippen LogP contribution < -0.4 is 4.90 Å². The molecule has 0 atom stereocenters. The zero-order chi connectivity index (χ0) is 30.7. The molecular weight excluding hydrogens is 533 g/mol. The van der Waals surface area contributed by atoms with Crippen LogP contribution in [0.25, 0.3) is 16.7 Å². The first-order valence-corrected chi connectivity index (χ1v) is 14.2. The molecule has 4 aromatic rings. The van der Waals surface area contributed by atoms with E-state index in [0.717, 1.165) is 16.6 Å². The topological polar surface area (TPSA) is 91.6 Å². The molecule has 0 saturated carbocycles. The van der Waals surface area contributed by atoms with E-state index >= 15 is 0 Å². The molecule has 1 aromatic carbocycles. The number of hydrogen-bond acceptors (Lipinski definition) is 5. The normalized spacial score (nSPS) is 15.4. The number of aromatic nitrogens is 3. The average molecular weight is 572 g/mol. The first kappa shape index (κ1) is 29.2. The Morgan fingerprint density at radius 2 is 1.69 bits per heavy atom. The highest BCUT2D eigenvalue weighted by Gasteiger charge is 2.38. The highest BCUT2D eigenvalue weighted by Crippen LogP contribution is 2.34. The van der Waals surface area contributed by atoms with Crippen LogP contribution in [0.4, 0.5) is 10.2 Å². The smallest absolute Gasteiger partial charge is 0.337 e. The lowest BCUT2D eigenvalue weighted by Gasteiger charge is -2.47. The number of benzene rings is 1. The van der Waals surface area contributed by atoms with Crippen molar-refractivity contribution in [1.82, 2.24) is 19.4 Å². The summed E-state index contributed by atoms with van der Waals surface area (Å²) in [6.45, 7) is 17.1. The summed E-state index contributed by atoms with van der Waals surface area (Å²) in [6, 6.07) is 10.6. The average Bonchev–Trinajstić information content (AvgIpc) is 3.28. The number of aromatic carboxylic acids is 1. The minimum Gasteiger partial charge on any atom is -0.478 e. The lowest BCUT2D eigenvalue weighted by Crippen LogP contribution is -2.61. The first-order valence-electron chi connectivity index (χ1n) is 14.2. The Hall–Kier alpha value is -4.27. The van der Waals surface area contributed by atoms with Gasteiger partial charge in [0.15, 0.2) is 0 Å². The van der Waals surface area contributed by atoms with Crippen LogP contribution in [0.2, 0.25) is 0 Å². The molecule has 8 nitrogen and oxygen atoms in total. The summed E-state index contributed by atoms with van der Waals surface area (Å²) in [5.41, 5.74) is 4.71. The standard InChI is InChI=1S/C33H38FN5O3/c1-19-9-10-22(16-24(19)34)38-17-23(32(4,5)6)29-26(38)12-11-25(36-29)30(40)39-14-13-37(18-33(39,7)8)27-15-20(2)28(31(41)42)21(3)35-27/h9-12,15-17H,13-14,18H2,1-8H3,(H,41,42). The quantitative estimate of drug-likeness (QED) is 0.313. The number of carboxylic acid groups (broad SMARTS) is 1. The Morgan fingerprint density at radius 3 is 2.29 bits per heavy atom. The van der Waals surface area contributed by atoms with Gasteiger partial charge in [0, 0.05) is 37.1 Å². The van der Waals surface area contributed by atoms with E-state index in [4.69, 9.17) is 4.98 Å². The van der Waals surface area contributed by atoms with E-state index < -0.39 is 11.5 Å². The third kappa shape index (κ3) is 5.12. The lowest BCUT2D eigenvalue weighted by atomic mass is 9.88. The molecule has 0 aliphatic carbocycles. The number of piperazine rings is 1. The SMILES string of the molecule is Cc1ccc(-n2cc(C(C)(C)C)c3nc(C(=O)N4CCN(c5cc(C)c(C(=O)O)c(C)n5)CC4(C)C)ccc32)cc1F. The Kier molecular flexibility index (Phi) is 7.11. The Bertz CT molecular complexity index is 1710. The van der Waals surface area contributed by atoms with Gasteiger partial charge in [-0.1, -0.05) is 26.8 Å². The predicted octanol–water partition coefficient (Wildman–Crippen LogP) is 6.22. The van der Waals surface area contributed by atoms with Gasteiger partial charge < -0.3 is 19.5 Å². The van der Waals surface area contributed by atoms with E-state index in [9.17, 15) is 19.1 Å². The van der Waals surface area contributed by atoms with Crippen LogP contribution in [-0.2, 0) is 5.41 Å². The third-order valence-electron chi connectivity index (χ3n) is 8.18. The number of halogens is 1. The van der Waals surface area contributed by atoms with Gasteiger partial charge in [0.1, 0.15) is 17.3 Å². The zero-order valence-electron chi connectivity index (χ0n) is 25.5. The van der Waals surface area contributed by atoms with Gasteiger partial charge in [0.2, 0.25) is 0 Å². The Balaban J connectivity index is 1.47. The third-order valence-corrected chi connectivity index (χ3v) is 8.18. The van der Waals surface area contributed by atoms with Gasteiger partial charge in [-0.05, 0) is 81.5 Å². The van der Waals surface area contributed by atoms with Crippen LogP contribution in [0.15, 0.2) is 42.6 Å². The number of carbonyl (C=O) groups excluding carboxylic acids is 1. The van der Waals surface area contributed by atoms with Crippen LogP contribution >= 0.6 is 0 Å². The van der Waals surface area contributed by atoms with Gasteiger partial charge in [-0.15, -0.1) is 0 Å². The molecule has 1 saturated heterocycles. The number of carboxylic acids is 1. The van der Waals surface area contributed by atoms with E-state index in [2.05, 4.69) is 30.7 Å². The van der Waals surface area contributed by atoms with Gasteiger partial charge in [-0.25, -0.2) is 19.2 Å². The zero-order valence-corrected chi connectivity index (χ0v) is 25.5. The summed E-state index contributed by atoms with van der Waals surface area (Å²) in [5, 5.41) is 9.52. The second kappa shape index (κ2) is 10.2. The largest absolute Gasteiger partial charge is 0.478 e. The molecule has 9 heteroatoms. The molecule has 0 radical (unpaired) electrons. The van der Waals surface area contributed by atoms with E-state index in [-0.39, 0.29) is 22.7 Å². The number of carbonyl (C=O) groups is 2. The van der Waals surface area contributed by atoms with Gasteiger partial charge in [-0.3, -0.25) is 4.79 Å². The second-order valence-corrected chi connectivity index (χ2v) is 12.9. The summed E-state index contributed by atoms with van der Waals surface area (Å²) >= 11 is 0. The van der Waals surface area contributed by atoms with Crippen molar-refractivity contribution in [2.45, 2.75) is 66.3 Å². The number of aryl methyl sites for hydroxylation is 3. The molecule has 42 heavy (non-hydrogen) atoms. The fraction of sp³-hybridized carbons (Fsp3) is 0.394. The van der Waals surface area contributed by atoms with Gasteiger partial charge in [-0.2, -0.15) is 0 Å². The molecular formula is C33H38FN5O3. The fourth-order valence-electron chi connectivity index (χ4n) is 5.88. The molecule has 0 unspecified atom stereocenters. The van der Waals surface area contributed by atoms with Crippen LogP contribution in [0.3, 0.4) is 0 Å². The molecule has 0 bridgehead atoms. The van der Waals surface area contributed by atoms with Gasteiger partial charge in [0.25, 0.3) is 5.91 Å². The molecule has 1 fully saturated rings. The predicted molar refractivity (Wildman–Crippen MR) is 162 cm³/mol. The van der Waals surface area contributed by atoms with Gasteiger partial charge in [0.05, 0.1) is 27.8 Å². The van der Waals surface area contributed by atoms with E-state index in [1.165, 1.54) is 6.07 Å². The molecule has 220 valence electrons. The van der Waals surface area contributed by atoms with E-state index in [1.807, 2.05) is 41.6 Å². The summed E-state index contributed by atoms with van der Waals surface area (Å²) in [4.78, 5) is 39.0. The molecule has 5 rings (SSSR count). The van der Waals surface area contributed by atoms with Crippen LogP contribution in [0, 0.1) is 26.6 Å². The summed E-state index contributed by atoms with van der Waals surface area (Å²) in [7, 11) is 0. The summed E-state index contributed by atoms with van der Waals surface area (Å²) < 4.78 is 16.4. The number of nitrogens with zero attached hydrogens (tertiary/aromatic N) is 5. The van der Waals surface area contributed by atoms with Crippen molar-refractivity contribution in [1.29, 1.82) is 0 Å². The minimum atomic E-state index is -0.986. The second-order valence-electron chi connectivity index (χ2n) is 12.9. The van der Waals surface area contributed by atoms with Crippen molar-refractivity contribution in [3.05, 3.63) is 82.1 Å². The Labute approximate surface area is 245 Å². The molecule has 1 aliphatic heterocycles. The fourth-order valence-corrected chi connectivity index (χ4v) is 5.88. The van der Waals surface area contributed by atoms with Crippen LogP contribution in [-0.4, -0.2) is 61.6 Å². The van der Waals surface area contributed by atoms with Gasteiger partial charge >= 0.3 is 5.97 Å². The van der Waals surface area contributed by atoms with Crippen molar-refractivity contribution in [2.75, 3.05) is 24.5 Å². The summed E-state index contributed by atoms with van der Waals surface area (Å²) in [5.74, 6) is -0.707. The minimum absolute atomic E-state index is 0.155. The number of rotatable bonds is 4. The number of pyridine rings is 2. The van der Waals surface area contributed by atoms with Crippen molar-refractivity contribution in [3.63, 3.8) is 0 Å². The highest BCUT2D eigenvalue weighted by atomic mass is 19.1. The maximum atomic E-state index is 14.5. The number of amides is 1. The molecule has 3 aromatic heterocycles. The molecule has 4 heterocycles. The lowest BCUT2D eigenvalue weighted by molar-refractivity contribution is 0.0507.